The van der Waals surface area contributed by atoms with Gasteiger partial charge in [0.25, 0.3) is 5.91 Å². The monoisotopic (exact) mass is 1230 g/mol. The van der Waals surface area contributed by atoms with Gasteiger partial charge in [-0.1, -0.05) is 142 Å². The highest BCUT2D eigenvalue weighted by Gasteiger charge is 2.46. The highest BCUT2D eigenvalue weighted by atomic mass is 16.6. The van der Waals surface area contributed by atoms with Crippen molar-refractivity contribution in [2.24, 2.45) is 0 Å². The van der Waals surface area contributed by atoms with E-state index in [1.54, 1.807) is 19.2 Å². The summed E-state index contributed by atoms with van der Waals surface area (Å²) < 4.78 is 11.1. The van der Waals surface area contributed by atoms with Crippen LogP contribution in [0.5, 0.6) is 0 Å². The molecule has 0 aliphatic carbocycles. The molecule has 2 aliphatic rings. The lowest BCUT2D eigenvalue weighted by Gasteiger charge is -2.40. The highest BCUT2D eigenvalue weighted by molar-refractivity contribution is 5.99. The summed E-state index contributed by atoms with van der Waals surface area (Å²) in [5.74, 6) is -3.93. The zero-order valence-corrected chi connectivity index (χ0v) is 50.8. The molecule has 0 bridgehead atoms. The Balaban J connectivity index is 1.36. The molecule has 87 heavy (non-hydrogen) atoms. The number of unbranched alkanes of at least 4 members (excludes halogenated alkanes) is 18. The summed E-state index contributed by atoms with van der Waals surface area (Å²) in [6, 6.07) is 2.33. The fraction of sp³-hybridized carbons (Fsp3) is 0.717. The first-order valence-electron chi connectivity index (χ1n) is 31.3. The Morgan fingerprint density at radius 3 is 1.47 bits per heavy atom. The van der Waals surface area contributed by atoms with E-state index in [0.29, 0.717) is 30.6 Å². The van der Waals surface area contributed by atoms with Crippen LogP contribution in [0.2, 0.25) is 0 Å². The number of rotatable bonds is 39. The molecule has 1 aromatic carbocycles. The van der Waals surface area contributed by atoms with Crippen molar-refractivity contribution in [2.45, 2.75) is 254 Å². The van der Waals surface area contributed by atoms with Crippen LogP contribution < -0.4 is 43.0 Å². The summed E-state index contributed by atoms with van der Waals surface area (Å²) in [5.41, 5.74) is 13.6. The van der Waals surface area contributed by atoms with Crippen LogP contribution in [0.15, 0.2) is 30.5 Å². The van der Waals surface area contributed by atoms with Gasteiger partial charge < -0.3 is 93.3 Å². The maximum Gasteiger partial charge on any atom is 0.251 e. The van der Waals surface area contributed by atoms with Crippen LogP contribution in [0.25, 0.3) is 11.2 Å². The zero-order chi connectivity index (χ0) is 63.4. The van der Waals surface area contributed by atoms with Gasteiger partial charge in [-0.05, 0) is 43.5 Å². The number of benzene rings is 1. The summed E-state index contributed by atoms with van der Waals surface area (Å²) in [6.45, 7) is 3.09. The van der Waals surface area contributed by atoms with Gasteiger partial charge in [0.1, 0.15) is 67.0 Å². The first-order valence-corrected chi connectivity index (χ1v) is 31.3. The number of aliphatic hydroxyl groups is 8. The molecule has 0 spiro atoms. The summed E-state index contributed by atoms with van der Waals surface area (Å²) in [5, 5.41) is 96.2. The topological polar surface area (TPSA) is 433 Å². The quantitative estimate of drug-likeness (QED) is 0.0360. The number of nitrogens with two attached hydrogens (primary N) is 2. The third-order valence-corrected chi connectivity index (χ3v) is 16.1. The van der Waals surface area contributed by atoms with E-state index in [1.807, 2.05) is 4.90 Å². The fourth-order valence-electron chi connectivity index (χ4n) is 10.7. The van der Waals surface area contributed by atoms with E-state index in [1.165, 1.54) is 44.0 Å². The summed E-state index contributed by atoms with van der Waals surface area (Å²) in [7, 11) is 1.79. The Labute approximate surface area is 509 Å². The van der Waals surface area contributed by atoms with Gasteiger partial charge >= 0.3 is 0 Å². The van der Waals surface area contributed by atoms with Crippen LogP contribution in [0.4, 0.5) is 17.5 Å². The zero-order valence-electron chi connectivity index (χ0n) is 50.8. The van der Waals surface area contributed by atoms with E-state index in [4.69, 9.17) is 20.9 Å². The lowest BCUT2D eigenvalue weighted by molar-refractivity contribution is -0.236. The van der Waals surface area contributed by atoms with Gasteiger partial charge in [-0.2, -0.15) is 9.97 Å². The van der Waals surface area contributed by atoms with Crippen molar-refractivity contribution in [3.8, 4) is 0 Å². The predicted molar refractivity (Wildman–Crippen MR) is 324 cm³/mol. The Morgan fingerprint density at radius 1 is 0.552 bits per heavy atom. The minimum Gasteiger partial charge on any atom is -0.394 e. The van der Waals surface area contributed by atoms with Crippen molar-refractivity contribution in [3.05, 3.63) is 41.7 Å². The second-order valence-corrected chi connectivity index (χ2v) is 23.1. The Bertz CT molecular complexity index is 2570. The second-order valence-electron chi connectivity index (χ2n) is 23.1. The average molecular weight is 1230 g/mol. The molecule has 3 aromatic rings. The first kappa shape index (κ1) is 71.7. The first-order chi connectivity index (χ1) is 41.8. The Hall–Kier alpha value is -6.01. The van der Waals surface area contributed by atoms with Crippen LogP contribution in [0, 0.1) is 0 Å². The smallest absolute Gasteiger partial charge is 0.251 e. The van der Waals surface area contributed by atoms with Crippen molar-refractivity contribution in [2.75, 3.05) is 36.6 Å². The maximum atomic E-state index is 14.7. The molecule has 0 saturated carbocycles. The number of hydrogen-bond acceptors (Lipinski definition) is 22. The van der Waals surface area contributed by atoms with Crippen molar-refractivity contribution in [1.82, 2.24) is 46.5 Å². The molecule has 13 atom stereocenters. The van der Waals surface area contributed by atoms with E-state index in [-0.39, 0.29) is 54.3 Å². The number of carbonyl (C=O) groups excluding carboxylic acids is 5. The molecule has 27 nitrogen and oxygen atoms in total. The number of nitrogens with one attached hydrogen (secondary N) is 5. The number of ether oxygens (including phenoxy) is 2. The van der Waals surface area contributed by atoms with E-state index in [9.17, 15) is 64.8 Å². The largest absolute Gasteiger partial charge is 0.394 e. The Morgan fingerprint density at radius 2 is 1.00 bits per heavy atom. The van der Waals surface area contributed by atoms with Gasteiger partial charge in [0, 0.05) is 24.7 Å². The van der Waals surface area contributed by atoms with Gasteiger partial charge in [-0.15, -0.1) is 0 Å². The van der Waals surface area contributed by atoms with E-state index >= 15 is 0 Å². The second kappa shape index (κ2) is 37.7. The van der Waals surface area contributed by atoms with Crippen molar-refractivity contribution >= 4 is 58.2 Å². The fourth-order valence-corrected chi connectivity index (χ4v) is 10.7. The normalized spacial score (nSPS) is 23.1. The van der Waals surface area contributed by atoms with Crippen molar-refractivity contribution < 1.29 is 74.3 Å². The molecule has 5 amide bonds. The number of carbonyl (C=O) groups is 5. The van der Waals surface area contributed by atoms with E-state index in [2.05, 4.69) is 60.4 Å². The molecule has 2 aromatic heterocycles. The molecule has 17 N–H and O–H groups in total. The lowest BCUT2D eigenvalue weighted by Crippen LogP contribution is -2.65. The Kier molecular flexibility index (Phi) is 31.1. The van der Waals surface area contributed by atoms with Crippen LogP contribution in [-0.4, -0.2) is 190 Å². The average Bonchev–Trinajstić information content (AvgIpc) is 2.37. The number of nitrogen functional groups attached to an aromatic ring is 2. The van der Waals surface area contributed by atoms with Crippen LogP contribution in [0.1, 0.15) is 184 Å². The molecule has 27 heteroatoms. The molecule has 4 unspecified atom stereocenters. The summed E-state index contributed by atoms with van der Waals surface area (Å²) in [6.07, 6.45) is 4.24. The molecule has 2 aliphatic heterocycles. The molecular weight excluding hydrogens is 1130 g/mol. The summed E-state index contributed by atoms with van der Waals surface area (Å²) in [4.78, 5) is 89.9. The van der Waals surface area contributed by atoms with Crippen LogP contribution in [0.3, 0.4) is 0 Å². The lowest BCUT2D eigenvalue weighted by atomic mass is 9.98. The number of amides is 5. The van der Waals surface area contributed by atoms with Crippen molar-refractivity contribution in [3.63, 3.8) is 0 Å². The molecular formula is C60H98N12O15. The third kappa shape index (κ3) is 22.8. The highest BCUT2D eigenvalue weighted by Crippen LogP contribution is 2.24. The van der Waals surface area contributed by atoms with Gasteiger partial charge in [0.15, 0.2) is 29.4 Å². The summed E-state index contributed by atoms with van der Waals surface area (Å²) >= 11 is 0. The van der Waals surface area contributed by atoms with E-state index < -0.39 is 129 Å². The number of fused-ring (bicyclic) bond motifs is 1. The van der Waals surface area contributed by atoms with Gasteiger partial charge in [0.05, 0.1) is 31.6 Å². The van der Waals surface area contributed by atoms with Gasteiger partial charge in [0.2, 0.25) is 29.6 Å². The molecule has 0 radical (unpaired) electrons. The predicted octanol–water partition coefficient (Wildman–Crippen LogP) is 1.52. The number of hydrogen-bond donors (Lipinski definition) is 15. The van der Waals surface area contributed by atoms with Crippen LogP contribution >= 0.6 is 0 Å². The number of aliphatic hydroxyl groups excluding tert-OH is 8. The van der Waals surface area contributed by atoms with E-state index in [0.717, 1.165) is 83.5 Å². The molecule has 488 valence electrons. The van der Waals surface area contributed by atoms with Crippen molar-refractivity contribution in [1.29, 1.82) is 0 Å². The number of nitrogens with zero attached hydrogens (tertiary/aromatic N) is 5. The maximum absolute atomic E-state index is 14.7. The molecule has 5 rings (SSSR count). The standard InChI is InChI=1S/C60H98N12O15/c1-4-6-8-10-12-14-16-18-20-22-24-39(56(84)70-58-50(80)48(78)46(76)42(34-73)86-58)65-44(75)31-30-41(66-54(82)36-26-28-38(29-27-36)72(3)33-37-32-63-53-45(64-37)52(61)68-60(62)69-53)55(83)67-40(25-23-21-19-17-15-13-11-9-7-5-2)57(85)71-59-51(81)49(79)47(77)43(35-74)87-59/h26-29,32,39-43,46-51,58-59,73-74,76-81H,4-25,30-31,33-35H2,1-3H3,(H,65,75)(H,66,82)(H,67,83)(H,70,84)(H,71,85)(H4,61,62,63,68,69)/t39?,40?,41-,42+,43+,46+,47+,48-,49-,50+,51+,58?,59?/m0/s1. The van der Waals surface area contributed by atoms with Gasteiger partial charge in [-0.25, -0.2) is 9.97 Å². The minimum atomic E-state index is -1.83. The third-order valence-electron chi connectivity index (χ3n) is 16.1. The minimum absolute atomic E-state index is 0.0404. The number of aromatic nitrogens is 4. The molecule has 2 fully saturated rings. The SMILES string of the molecule is CCCCCCCCCCCCC(NC(=O)CC[C@H](NC(=O)c1ccc(N(C)Cc2cnc3nc(N)nc(N)c3n2)cc1)C(=O)NC(CCCCCCCCCCCC)C(=O)NC1O[C@H](CO)[C@@H](O)[C@H](O)[C@H]1O)C(=O)NC1O[C@H](CO)[C@@H](O)[C@H](O)[C@H]1O. The number of anilines is 3. The molecule has 4 heterocycles. The van der Waals surface area contributed by atoms with Gasteiger partial charge in [-0.3, -0.25) is 24.0 Å². The molecule has 2 saturated heterocycles. The van der Waals surface area contributed by atoms with Crippen LogP contribution in [-0.2, 0) is 35.2 Å².